The van der Waals surface area contributed by atoms with Gasteiger partial charge in [0.2, 0.25) is 22.1 Å². The molecule has 15 nitrogen and oxygen atoms in total. The van der Waals surface area contributed by atoms with Gasteiger partial charge in [0.15, 0.2) is 0 Å². The van der Waals surface area contributed by atoms with Crippen LogP contribution in [0.4, 0.5) is 23.3 Å². The maximum atomic E-state index is 7.85. The van der Waals surface area contributed by atoms with Crippen LogP contribution in [0.25, 0.3) is 271 Å². The van der Waals surface area contributed by atoms with Crippen molar-refractivity contribution in [2.75, 3.05) is 0 Å². The fourth-order valence-corrected chi connectivity index (χ4v) is 24.5. The van der Waals surface area contributed by atoms with Crippen molar-refractivity contribution in [1.82, 2.24) is 52.2 Å². The van der Waals surface area contributed by atoms with E-state index in [-0.39, 0.29) is 23.3 Å². The molecule has 0 saturated heterocycles. The van der Waals surface area contributed by atoms with Crippen LogP contribution in [0.5, 0.6) is 0 Å². The highest BCUT2D eigenvalue weighted by Crippen LogP contribution is 2.62. The number of para-hydroxylation sites is 13. The highest BCUT2D eigenvalue weighted by molar-refractivity contribution is 6.34. The number of benzene rings is 21. The number of hydrogen-bond acceptors (Lipinski definition) is 5. The molecule has 0 atom stereocenters. The van der Waals surface area contributed by atoms with E-state index in [2.05, 4.69) is 441 Å². The van der Waals surface area contributed by atoms with Gasteiger partial charge in [-0.1, -0.05) is 293 Å². The van der Waals surface area contributed by atoms with Gasteiger partial charge in [-0.2, -0.15) is 0 Å². The molecule has 0 unspecified atom stereocenters. The van der Waals surface area contributed by atoms with Gasteiger partial charge in [-0.3, -0.25) is 4.40 Å². The fourth-order valence-electron chi connectivity index (χ4n) is 24.5. The van der Waals surface area contributed by atoms with Crippen LogP contribution in [0.3, 0.4) is 0 Å². The summed E-state index contributed by atoms with van der Waals surface area (Å²) >= 11 is 0. The summed E-state index contributed by atoms with van der Waals surface area (Å²) in [4.78, 5) is 39.2. The lowest BCUT2D eigenvalue weighted by atomic mass is 9.65. The Labute approximate surface area is 813 Å². The molecule has 0 saturated carbocycles. The maximum absolute atomic E-state index is 7.85. The van der Waals surface area contributed by atoms with Gasteiger partial charge >= 0.3 is 0 Å². The summed E-state index contributed by atoms with van der Waals surface area (Å²) in [5.74, 6) is 0.0655. The maximum Gasteiger partial charge on any atom is 0.294 e. The van der Waals surface area contributed by atoms with Gasteiger partial charge in [-0.05, 0) is 207 Å². The van der Waals surface area contributed by atoms with Gasteiger partial charge < -0.3 is 42.2 Å². The number of hydrogen-bond donors (Lipinski definition) is 0. The molecule has 1 aliphatic carbocycles. The summed E-state index contributed by atoms with van der Waals surface area (Å²) in [6, 6.07) is 149. The average molecular weight is 1820 g/mol. The van der Waals surface area contributed by atoms with Crippen LogP contribution < -0.4 is 0 Å². The second-order valence-corrected chi connectivity index (χ2v) is 37.1. The number of imidazole rings is 1. The first kappa shape index (κ1) is 79.0. The Hall–Kier alpha value is -20.2. The first-order chi connectivity index (χ1) is 70.8. The minimum Gasteiger partial charge on any atom is -0.370 e. The Balaban J connectivity index is 0.000000100. The van der Waals surface area contributed by atoms with Crippen molar-refractivity contribution >= 4 is 236 Å². The molecule has 15 heteroatoms. The van der Waals surface area contributed by atoms with Crippen molar-refractivity contribution in [1.29, 1.82) is 0 Å². The quantitative estimate of drug-likeness (QED) is 0.129. The average Bonchev–Trinajstić information content (AvgIpc) is 1.49. The lowest BCUT2D eigenvalue weighted by Gasteiger charge is -2.39. The molecule has 21 aromatic carbocycles. The summed E-state index contributed by atoms with van der Waals surface area (Å²) in [5, 5.41) is 23.0. The Morgan fingerprint density at radius 1 is 0.196 bits per heavy atom. The number of aromatic nitrogens is 11. The largest absolute Gasteiger partial charge is 0.370 e. The van der Waals surface area contributed by atoms with E-state index < -0.39 is 5.41 Å². The molecule has 30 aromatic rings. The third-order valence-electron chi connectivity index (χ3n) is 30.1. The highest BCUT2D eigenvalue weighted by Gasteiger charge is 2.51. The van der Waals surface area contributed by atoms with Gasteiger partial charge in [-0.15, -0.1) is 19.9 Å². The molecule has 0 fully saturated rings. The molecule has 0 N–H and O–H groups in total. The van der Waals surface area contributed by atoms with Crippen LogP contribution in [0, 0.1) is 26.3 Å². The zero-order chi connectivity index (χ0) is 94.3. The van der Waals surface area contributed by atoms with Crippen LogP contribution in [0.1, 0.15) is 22.3 Å². The summed E-state index contributed by atoms with van der Waals surface area (Å²) in [7, 11) is 0. The molecule has 143 heavy (non-hydrogen) atoms. The van der Waals surface area contributed by atoms with Crippen molar-refractivity contribution in [2.24, 2.45) is 0 Å². The Kier molecular flexibility index (Phi) is 16.5. The zero-order valence-electron chi connectivity index (χ0n) is 76.0. The molecule has 9 aromatic heterocycles. The molecule has 0 amide bonds. The molecule has 0 bridgehead atoms. The van der Waals surface area contributed by atoms with Crippen molar-refractivity contribution in [2.45, 2.75) is 5.41 Å². The van der Waals surface area contributed by atoms with Crippen LogP contribution in [-0.4, -0.2) is 52.2 Å². The first-order valence-electron chi connectivity index (χ1n) is 47.7. The number of pyridine rings is 1. The predicted molar refractivity (Wildman–Crippen MR) is 584 cm³/mol. The van der Waals surface area contributed by atoms with Crippen LogP contribution in [-0.2, 0) is 5.41 Å². The number of nitrogens with zero attached hydrogens (tertiary/aromatic N) is 15. The van der Waals surface area contributed by atoms with Crippen molar-refractivity contribution < 1.29 is 0 Å². The van der Waals surface area contributed by atoms with E-state index in [0.717, 1.165) is 170 Å². The number of fused-ring (bicyclic) bond motifs is 45. The van der Waals surface area contributed by atoms with Gasteiger partial charge in [0.25, 0.3) is 23.3 Å². The van der Waals surface area contributed by atoms with Crippen molar-refractivity contribution in [3.05, 3.63) is 487 Å². The van der Waals surface area contributed by atoms with E-state index in [4.69, 9.17) is 51.2 Å². The minimum absolute atomic E-state index is 0.0151. The molecule has 656 valence electrons. The fraction of sp³-hybridized carbons (Fsp3) is 0.00781. The van der Waals surface area contributed by atoms with E-state index in [0.29, 0.717) is 22.1 Å². The summed E-state index contributed by atoms with van der Waals surface area (Å²) < 4.78 is 14.1. The van der Waals surface area contributed by atoms with E-state index >= 15 is 0 Å². The normalized spacial score (nSPS) is 12.5. The van der Waals surface area contributed by atoms with E-state index in [1.807, 2.05) is 24.3 Å². The molecule has 10 heterocycles. The first-order valence-corrected chi connectivity index (χ1v) is 47.7. The second-order valence-electron chi connectivity index (χ2n) is 37.1. The van der Waals surface area contributed by atoms with Gasteiger partial charge in [0.05, 0.1) is 82.8 Å². The lowest BCUT2D eigenvalue weighted by Crippen LogP contribution is -2.33. The molecule has 1 spiro atoms. The summed E-state index contributed by atoms with van der Waals surface area (Å²) in [5.41, 5.74) is 31.1. The molecule has 1 aliphatic heterocycles. The van der Waals surface area contributed by atoms with Gasteiger partial charge in [0, 0.05) is 114 Å². The topological polar surface area (TPSA) is 111 Å². The second kappa shape index (κ2) is 29.9. The SMILES string of the molecule is [C-]#[N+]c1nc2c3cc4c(cc3c3cc5c6ccccc6n(-c6ccccc6)c5cc3c2nc1[N+]#[C-])c1ccccc1n4-c1ccccc1.[C-]#[N+]c1nc2c3cc4c5ccccc5n(-c5ccccc5)c4cc3c3cc4c5ccccc5n(-c5ccccc5)c4cc3c2nc1[N+]#[C-].c1ccc2c(c1)-c1ccccc1C21c2ccccc2-n2c3c1cccc3c1ccc3c(c4ccccc4n4c5ccccc5nc34)c12. The Bertz CT molecular complexity index is 10900. The Morgan fingerprint density at radius 3 is 0.930 bits per heavy atom. The molecule has 0 radical (unpaired) electrons. The van der Waals surface area contributed by atoms with Crippen LogP contribution >= 0.6 is 0 Å². The minimum atomic E-state index is -0.417. The third-order valence-corrected chi connectivity index (χ3v) is 30.1. The van der Waals surface area contributed by atoms with Crippen LogP contribution in [0.15, 0.2) is 419 Å². The highest BCUT2D eigenvalue weighted by atomic mass is 15.1. The molecular weight excluding hydrogens is 1750 g/mol. The van der Waals surface area contributed by atoms with E-state index in [9.17, 15) is 0 Å². The van der Waals surface area contributed by atoms with Crippen LogP contribution in [0.2, 0.25) is 0 Å². The molecule has 32 rings (SSSR count). The summed E-state index contributed by atoms with van der Waals surface area (Å²) in [6.45, 7) is 31.4. The third kappa shape index (κ3) is 10.8. The summed E-state index contributed by atoms with van der Waals surface area (Å²) in [6.07, 6.45) is 0. The Morgan fingerprint density at radius 2 is 0.503 bits per heavy atom. The van der Waals surface area contributed by atoms with Crippen molar-refractivity contribution in [3.8, 4) is 39.6 Å². The zero-order valence-corrected chi connectivity index (χ0v) is 76.0. The van der Waals surface area contributed by atoms with Crippen molar-refractivity contribution in [3.63, 3.8) is 0 Å². The molecule has 2 aliphatic rings. The van der Waals surface area contributed by atoms with E-state index in [1.54, 1.807) is 0 Å². The lowest BCUT2D eigenvalue weighted by molar-refractivity contribution is 0.749. The molecular formula is C128H69N15. The predicted octanol–water partition coefficient (Wildman–Crippen LogP) is 33.0. The monoisotopic (exact) mass is 1820 g/mol. The smallest absolute Gasteiger partial charge is 0.294 e. The van der Waals surface area contributed by atoms with E-state index in [1.165, 1.54) is 82.5 Å². The van der Waals surface area contributed by atoms with Gasteiger partial charge in [0.1, 0.15) is 5.65 Å². The van der Waals surface area contributed by atoms with Gasteiger partial charge in [-0.25, -0.2) is 4.98 Å². The number of rotatable bonds is 4. The standard InChI is InChI=1S/C44H25N3.2C42H22N6/c1-4-16-32-26(12-1)27-13-2-5-17-33(27)44(32)34-18-6-9-22-38(34)47-41-28(15-11-19-35(41)44)29-24-25-31-40(42(29)47)30-14-3-8-21-37(30)46-39-23-10-7-20-36(39)45-43(31)46;1-43-41-42(44-2)46-40-34-24-38-31(27-17-9-11-19-35(27)48(38)26-15-7-4-8-16-26)21-29(34)30-23-37-32(22-33(30)39(40)45-41)28-18-10-12-20-36(28)47(37)25-13-5-3-6-14-25;1-43-41-42(44-2)46-40-34-24-38-32(28-18-10-12-20-36(28)48(38)26-15-7-4-8-16-26)22-30(34)29-21-31-27-17-9-11-19-35(27)47(25-13-5-3-6-14-25)37(31)23-33(29)39(40)45-41/h1-25H;2*3-24H.